The summed E-state index contributed by atoms with van der Waals surface area (Å²) < 4.78 is 5.34. The van der Waals surface area contributed by atoms with E-state index in [0.29, 0.717) is 28.8 Å². The van der Waals surface area contributed by atoms with Crippen LogP contribution in [0.25, 0.3) is 11.3 Å². The van der Waals surface area contributed by atoms with Crippen molar-refractivity contribution in [2.24, 2.45) is 0 Å². The second-order valence-electron chi connectivity index (χ2n) is 6.22. The fourth-order valence-electron chi connectivity index (χ4n) is 3.31. The molecule has 4 rings (SSSR count). The fourth-order valence-corrected chi connectivity index (χ4v) is 3.44. The number of carbonyl (C=O) groups is 1. The number of nitrogens with zero attached hydrogens (tertiary/aromatic N) is 2. The van der Waals surface area contributed by atoms with Crippen LogP contribution in [0.2, 0.25) is 5.02 Å². The SMILES string of the molecule is O=C(c1cnoc1-c1ccc(Cl)cc1)N1CCC(c2ccccc2)C1. The van der Waals surface area contributed by atoms with Crippen molar-refractivity contribution >= 4 is 17.5 Å². The number of benzene rings is 2. The number of carbonyl (C=O) groups excluding carboxylic acids is 1. The Balaban J connectivity index is 1.55. The third-order valence-electron chi connectivity index (χ3n) is 4.65. The van der Waals surface area contributed by atoms with E-state index >= 15 is 0 Å². The molecule has 2 aromatic carbocycles. The lowest BCUT2D eigenvalue weighted by molar-refractivity contribution is 0.0791. The first-order valence-electron chi connectivity index (χ1n) is 8.27. The van der Waals surface area contributed by atoms with Gasteiger partial charge in [-0.3, -0.25) is 4.79 Å². The maximum Gasteiger partial charge on any atom is 0.259 e. The van der Waals surface area contributed by atoms with Crippen LogP contribution in [0, 0.1) is 0 Å². The Bertz CT molecular complexity index is 874. The van der Waals surface area contributed by atoms with Crippen LogP contribution in [-0.2, 0) is 0 Å². The highest BCUT2D eigenvalue weighted by atomic mass is 35.5. The van der Waals surface area contributed by atoms with Gasteiger partial charge in [0.1, 0.15) is 5.56 Å². The van der Waals surface area contributed by atoms with Crippen molar-refractivity contribution in [2.75, 3.05) is 13.1 Å². The highest BCUT2D eigenvalue weighted by Crippen LogP contribution is 2.31. The summed E-state index contributed by atoms with van der Waals surface area (Å²) in [4.78, 5) is 14.8. The number of halogens is 1. The van der Waals surface area contributed by atoms with Crippen LogP contribution in [0.1, 0.15) is 28.3 Å². The number of likely N-dealkylation sites (tertiary alicyclic amines) is 1. The maximum atomic E-state index is 12.9. The van der Waals surface area contributed by atoms with Crippen molar-refractivity contribution in [2.45, 2.75) is 12.3 Å². The van der Waals surface area contributed by atoms with E-state index in [2.05, 4.69) is 17.3 Å². The molecule has 1 unspecified atom stereocenters. The molecule has 4 nitrogen and oxygen atoms in total. The Kier molecular flexibility index (Phi) is 4.28. The number of hydrogen-bond acceptors (Lipinski definition) is 3. The topological polar surface area (TPSA) is 46.3 Å². The summed E-state index contributed by atoms with van der Waals surface area (Å²) in [6.07, 6.45) is 2.47. The van der Waals surface area contributed by atoms with Crippen LogP contribution in [0.3, 0.4) is 0 Å². The first kappa shape index (κ1) is 15.9. The van der Waals surface area contributed by atoms with Crippen LogP contribution >= 0.6 is 11.6 Å². The molecular weight excluding hydrogens is 336 g/mol. The van der Waals surface area contributed by atoms with Crippen LogP contribution in [0.5, 0.6) is 0 Å². The van der Waals surface area contributed by atoms with E-state index in [1.807, 2.05) is 35.2 Å². The minimum absolute atomic E-state index is 0.0374. The van der Waals surface area contributed by atoms with Crippen LogP contribution < -0.4 is 0 Å². The van der Waals surface area contributed by atoms with Gasteiger partial charge in [0, 0.05) is 29.6 Å². The molecule has 1 aromatic heterocycles. The zero-order valence-electron chi connectivity index (χ0n) is 13.6. The smallest absolute Gasteiger partial charge is 0.259 e. The van der Waals surface area contributed by atoms with Gasteiger partial charge < -0.3 is 9.42 Å². The van der Waals surface area contributed by atoms with E-state index in [4.69, 9.17) is 16.1 Å². The van der Waals surface area contributed by atoms with E-state index in [1.54, 1.807) is 12.1 Å². The predicted molar refractivity (Wildman–Crippen MR) is 96.7 cm³/mol. The molecule has 1 atom stereocenters. The standard InChI is InChI=1S/C20H17ClN2O2/c21-17-8-6-15(7-9-17)19-18(12-22-25-19)20(24)23-11-10-16(13-23)14-4-2-1-3-5-14/h1-9,12,16H,10-11,13H2. The molecular formula is C20H17ClN2O2. The summed E-state index contributed by atoms with van der Waals surface area (Å²) >= 11 is 5.93. The molecule has 0 radical (unpaired) electrons. The van der Waals surface area contributed by atoms with Crippen LogP contribution in [0.15, 0.2) is 65.3 Å². The lowest BCUT2D eigenvalue weighted by Crippen LogP contribution is -2.28. The van der Waals surface area contributed by atoms with Gasteiger partial charge in [-0.2, -0.15) is 0 Å². The highest BCUT2D eigenvalue weighted by Gasteiger charge is 2.30. The molecule has 1 fully saturated rings. The Morgan fingerprint density at radius 2 is 1.88 bits per heavy atom. The van der Waals surface area contributed by atoms with E-state index in [-0.39, 0.29) is 5.91 Å². The van der Waals surface area contributed by atoms with Crippen LogP contribution in [0.4, 0.5) is 0 Å². The average molecular weight is 353 g/mol. The van der Waals surface area contributed by atoms with Gasteiger partial charge >= 0.3 is 0 Å². The molecule has 1 amide bonds. The third-order valence-corrected chi connectivity index (χ3v) is 4.91. The molecule has 25 heavy (non-hydrogen) atoms. The number of hydrogen-bond donors (Lipinski definition) is 0. The minimum atomic E-state index is -0.0374. The summed E-state index contributed by atoms with van der Waals surface area (Å²) in [6, 6.07) is 17.5. The molecule has 0 aliphatic carbocycles. The predicted octanol–water partition coefficient (Wildman–Crippen LogP) is 4.62. The second kappa shape index (κ2) is 6.73. The van der Waals surface area contributed by atoms with E-state index in [9.17, 15) is 4.79 Å². The molecule has 1 aliphatic rings. The van der Waals surface area contributed by atoms with Gasteiger partial charge in [-0.25, -0.2) is 0 Å². The van der Waals surface area contributed by atoms with Gasteiger partial charge in [-0.15, -0.1) is 0 Å². The zero-order chi connectivity index (χ0) is 17.2. The van der Waals surface area contributed by atoms with Crippen molar-refractivity contribution in [1.29, 1.82) is 0 Å². The van der Waals surface area contributed by atoms with E-state index < -0.39 is 0 Å². The van der Waals surface area contributed by atoms with Gasteiger partial charge in [0.05, 0.1) is 6.20 Å². The minimum Gasteiger partial charge on any atom is -0.355 e. The highest BCUT2D eigenvalue weighted by molar-refractivity contribution is 6.30. The van der Waals surface area contributed by atoms with Gasteiger partial charge in [-0.05, 0) is 36.2 Å². The molecule has 5 heteroatoms. The molecule has 1 saturated heterocycles. The largest absolute Gasteiger partial charge is 0.355 e. The number of rotatable bonds is 3. The summed E-state index contributed by atoms with van der Waals surface area (Å²) in [5.41, 5.74) is 2.57. The van der Waals surface area contributed by atoms with E-state index in [0.717, 1.165) is 18.5 Å². The van der Waals surface area contributed by atoms with Crippen molar-refractivity contribution < 1.29 is 9.32 Å². The third kappa shape index (κ3) is 3.17. The van der Waals surface area contributed by atoms with Gasteiger partial charge in [-0.1, -0.05) is 47.1 Å². The monoisotopic (exact) mass is 352 g/mol. The van der Waals surface area contributed by atoms with Crippen LogP contribution in [-0.4, -0.2) is 29.1 Å². The van der Waals surface area contributed by atoms with Crippen molar-refractivity contribution in [3.63, 3.8) is 0 Å². The second-order valence-corrected chi connectivity index (χ2v) is 6.66. The Labute approximate surface area is 151 Å². The molecule has 0 spiro atoms. The fraction of sp³-hybridized carbons (Fsp3) is 0.200. The van der Waals surface area contributed by atoms with Gasteiger partial charge in [0.2, 0.25) is 0 Å². The molecule has 3 aromatic rings. The zero-order valence-corrected chi connectivity index (χ0v) is 14.3. The molecule has 126 valence electrons. The van der Waals surface area contributed by atoms with Crippen molar-refractivity contribution in [3.8, 4) is 11.3 Å². The molecule has 2 heterocycles. The van der Waals surface area contributed by atoms with Gasteiger partial charge in [0.15, 0.2) is 5.76 Å². The Morgan fingerprint density at radius 1 is 1.12 bits per heavy atom. The lowest BCUT2D eigenvalue weighted by atomic mass is 9.99. The maximum absolute atomic E-state index is 12.9. The van der Waals surface area contributed by atoms with Crippen molar-refractivity contribution in [3.05, 3.63) is 76.9 Å². The Morgan fingerprint density at radius 3 is 2.64 bits per heavy atom. The summed E-state index contributed by atoms with van der Waals surface area (Å²) in [6.45, 7) is 1.46. The summed E-state index contributed by atoms with van der Waals surface area (Å²) in [5.74, 6) is 0.832. The quantitative estimate of drug-likeness (QED) is 0.690. The molecule has 0 bridgehead atoms. The number of amides is 1. The molecule has 0 saturated carbocycles. The summed E-state index contributed by atoms with van der Waals surface area (Å²) in [7, 11) is 0. The first-order valence-corrected chi connectivity index (χ1v) is 8.65. The first-order chi connectivity index (χ1) is 12.2. The van der Waals surface area contributed by atoms with Crippen molar-refractivity contribution in [1.82, 2.24) is 10.1 Å². The number of aromatic nitrogens is 1. The van der Waals surface area contributed by atoms with E-state index in [1.165, 1.54) is 11.8 Å². The Hall–Kier alpha value is -2.59. The lowest BCUT2D eigenvalue weighted by Gasteiger charge is -2.16. The molecule has 0 N–H and O–H groups in total. The summed E-state index contributed by atoms with van der Waals surface area (Å²) in [5, 5.41) is 4.48. The normalized spacial score (nSPS) is 17.0. The van der Waals surface area contributed by atoms with Gasteiger partial charge in [0.25, 0.3) is 5.91 Å². The molecule has 1 aliphatic heterocycles. The average Bonchev–Trinajstić information content (AvgIpc) is 3.32.